The van der Waals surface area contributed by atoms with Crippen molar-refractivity contribution in [3.63, 3.8) is 0 Å². The van der Waals surface area contributed by atoms with E-state index in [-0.39, 0.29) is 23.6 Å². The Labute approximate surface area is 144 Å². The summed E-state index contributed by atoms with van der Waals surface area (Å²) >= 11 is 0. The quantitative estimate of drug-likeness (QED) is 0.794. The van der Waals surface area contributed by atoms with Crippen molar-refractivity contribution in [3.8, 4) is 11.3 Å². The second-order valence-corrected chi connectivity index (χ2v) is 5.99. The van der Waals surface area contributed by atoms with Crippen LogP contribution in [-0.2, 0) is 4.79 Å². The van der Waals surface area contributed by atoms with Gasteiger partial charge in [-0.15, -0.1) is 0 Å². The van der Waals surface area contributed by atoms with Crippen molar-refractivity contribution < 1.29 is 9.18 Å². The first-order valence-electron chi connectivity index (χ1n) is 8.00. The van der Waals surface area contributed by atoms with Gasteiger partial charge in [0, 0.05) is 30.1 Å². The number of benzene rings is 1. The Morgan fingerprint density at radius 1 is 1.04 bits per heavy atom. The molecule has 1 fully saturated rings. The lowest BCUT2D eigenvalue weighted by molar-refractivity contribution is -0.117. The third-order valence-corrected chi connectivity index (χ3v) is 4.28. The lowest BCUT2D eigenvalue weighted by atomic mass is 10.1. The molecule has 0 saturated heterocycles. The lowest BCUT2D eigenvalue weighted by Crippen LogP contribution is -2.16. The molecule has 1 N–H and O–H groups in total. The fourth-order valence-electron chi connectivity index (χ4n) is 2.84. The number of hydrogen-bond acceptors (Lipinski definition) is 4. The predicted molar refractivity (Wildman–Crippen MR) is 91.1 cm³/mol. The first-order chi connectivity index (χ1) is 12.2. The van der Waals surface area contributed by atoms with Crippen LogP contribution in [0, 0.1) is 11.7 Å². The van der Waals surface area contributed by atoms with Crippen LogP contribution in [0.15, 0.2) is 61.1 Å². The van der Waals surface area contributed by atoms with Crippen molar-refractivity contribution in [1.29, 1.82) is 0 Å². The second-order valence-electron chi connectivity index (χ2n) is 5.99. The van der Waals surface area contributed by atoms with Crippen LogP contribution in [0.3, 0.4) is 0 Å². The third-order valence-electron chi connectivity index (χ3n) is 4.28. The van der Waals surface area contributed by atoms with Crippen LogP contribution in [0.4, 0.5) is 10.3 Å². The van der Waals surface area contributed by atoms with Crippen LogP contribution in [0.5, 0.6) is 0 Å². The molecule has 3 aromatic rings. The van der Waals surface area contributed by atoms with Gasteiger partial charge in [-0.25, -0.2) is 14.4 Å². The summed E-state index contributed by atoms with van der Waals surface area (Å²) < 4.78 is 13.0. The highest BCUT2D eigenvalue weighted by Gasteiger charge is 2.44. The van der Waals surface area contributed by atoms with Gasteiger partial charge in [0.2, 0.25) is 11.9 Å². The Bertz CT molecular complexity index is 882. The minimum atomic E-state index is -0.269. The van der Waals surface area contributed by atoms with Gasteiger partial charge >= 0.3 is 0 Å². The standard InChI is InChI=1S/C19H15FN4O/c20-14-5-2-12(3-6-14)17-7-4-13(11-23-17)15-10-16(15)18(25)24-19-21-8-1-9-22-19/h1-9,11,15-16H,10H2,(H,21,22,24,25). The maximum Gasteiger partial charge on any atom is 0.230 e. The first kappa shape index (κ1) is 15.4. The summed E-state index contributed by atoms with van der Waals surface area (Å²) in [5.41, 5.74) is 2.67. The van der Waals surface area contributed by atoms with Gasteiger partial charge in [0.05, 0.1) is 5.69 Å². The summed E-state index contributed by atoms with van der Waals surface area (Å²) in [7, 11) is 0. The molecule has 1 aromatic carbocycles. The number of aromatic nitrogens is 3. The fraction of sp³-hybridized carbons (Fsp3) is 0.158. The van der Waals surface area contributed by atoms with Crippen molar-refractivity contribution in [1.82, 2.24) is 15.0 Å². The van der Waals surface area contributed by atoms with Gasteiger partial charge in [-0.3, -0.25) is 15.1 Å². The molecular weight excluding hydrogens is 319 g/mol. The summed E-state index contributed by atoms with van der Waals surface area (Å²) in [5.74, 6) is 0.0668. The van der Waals surface area contributed by atoms with Crippen LogP contribution < -0.4 is 5.32 Å². The van der Waals surface area contributed by atoms with Crippen molar-refractivity contribution in [3.05, 3.63) is 72.4 Å². The molecule has 1 aliphatic carbocycles. The van der Waals surface area contributed by atoms with Gasteiger partial charge in [-0.2, -0.15) is 0 Å². The predicted octanol–water partition coefficient (Wildman–Crippen LogP) is 3.42. The van der Waals surface area contributed by atoms with E-state index < -0.39 is 0 Å². The third kappa shape index (κ3) is 3.38. The van der Waals surface area contributed by atoms with Gasteiger partial charge < -0.3 is 0 Å². The van der Waals surface area contributed by atoms with Gasteiger partial charge in [0.15, 0.2) is 0 Å². The summed E-state index contributed by atoms with van der Waals surface area (Å²) in [6, 6.07) is 11.8. The summed E-state index contributed by atoms with van der Waals surface area (Å²) in [5, 5.41) is 2.73. The number of carbonyl (C=O) groups excluding carboxylic acids is 1. The van der Waals surface area contributed by atoms with E-state index in [0.29, 0.717) is 5.95 Å². The molecule has 0 bridgehead atoms. The summed E-state index contributed by atoms with van der Waals surface area (Å²) in [6.07, 6.45) is 5.75. The number of nitrogens with one attached hydrogen (secondary N) is 1. The molecule has 0 spiro atoms. The molecule has 2 aromatic heterocycles. The van der Waals surface area contributed by atoms with Crippen LogP contribution in [0.1, 0.15) is 17.9 Å². The summed E-state index contributed by atoms with van der Waals surface area (Å²) in [6.45, 7) is 0. The molecule has 1 saturated carbocycles. The van der Waals surface area contributed by atoms with Crippen molar-refractivity contribution in [2.45, 2.75) is 12.3 Å². The normalized spacial score (nSPS) is 18.6. The van der Waals surface area contributed by atoms with E-state index in [4.69, 9.17) is 0 Å². The average Bonchev–Trinajstić information content (AvgIpc) is 3.44. The molecule has 6 heteroatoms. The van der Waals surface area contributed by atoms with Crippen molar-refractivity contribution in [2.24, 2.45) is 5.92 Å². The van der Waals surface area contributed by atoms with E-state index in [0.717, 1.165) is 23.2 Å². The number of nitrogens with zero attached hydrogens (tertiary/aromatic N) is 3. The Hall–Kier alpha value is -3.15. The van der Waals surface area contributed by atoms with Crippen LogP contribution in [0.25, 0.3) is 11.3 Å². The minimum Gasteiger partial charge on any atom is -0.294 e. The van der Waals surface area contributed by atoms with Crippen LogP contribution >= 0.6 is 0 Å². The molecule has 1 aliphatic rings. The first-order valence-corrected chi connectivity index (χ1v) is 8.00. The van der Waals surface area contributed by atoms with Gasteiger partial charge in [0.25, 0.3) is 0 Å². The SMILES string of the molecule is O=C(Nc1ncccn1)C1CC1c1ccc(-c2ccc(F)cc2)nc1. The monoisotopic (exact) mass is 334 g/mol. The molecule has 2 heterocycles. The number of pyridine rings is 1. The second kappa shape index (κ2) is 6.39. The van der Waals surface area contributed by atoms with Gasteiger partial charge in [-0.05, 0) is 54.3 Å². The molecule has 0 radical (unpaired) electrons. The van der Waals surface area contributed by atoms with Crippen LogP contribution in [-0.4, -0.2) is 20.9 Å². The Balaban J connectivity index is 1.42. The van der Waals surface area contributed by atoms with Crippen LogP contribution in [0.2, 0.25) is 0 Å². The number of hydrogen-bond donors (Lipinski definition) is 1. The smallest absolute Gasteiger partial charge is 0.230 e. The molecule has 25 heavy (non-hydrogen) atoms. The Morgan fingerprint density at radius 2 is 1.80 bits per heavy atom. The van der Waals surface area contributed by atoms with E-state index >= 15 is 0 Å². The van der Waals surface area contributed by atoms with E-state index in [1.165, 1.54) is 12.1 Å². The topological polar surface area (TPSA) is 67.8 Å². The molecule has 0 aliphatic heterocycles. The molecule has 5 nitrogen and oxygen atoms in total. The fourth-order valence-corrected chi connectivity index (χ4v) is 2.84. The van der Waals surface area contributed by atoms with E-state index in [1.807, 2.05) is 12.1 Å². The zero-order chi connectivity index (χ0) is 17.2. The van der Waals surface area contributed by atoms with E-state index in [2.05, 4.69) is 20.3 Å². The maximum absolute atomic E-state index is 13.0. The molecule has 4 rings (SSSR count). The highest BCUT2D eigenvalue weighted by molar-refractivity contribution is 5.93. The van der Waals surface area contributed by atoms with Gasteiger partial charge in [0.1, 0.15) is 5.82 Å². The van der Waals surface area contributed by atoms with Crippen molar-refractivity contribution >= 4 is 11.9 Å². The Morgan fingerprint density at radius 3 is 2.48 bits per heavy atom. The zero-order valence-electron chi connectivity index (χ0n) is 13.3. The number of anilines is 1. The molecule has 2 atom stereocenters. The largest absolute Gasteiger partial charge is 0.294 e. The molecule has 124 valence electrons. The maximum atomic E-state index is 13.0. The highest BCUT2D eigenvalue weighted by Crippen LogP contribution is 2.47. The molecule has 2 unspecified atom stereocenters. The van der Waals surface area contributed by atoms with Crippen molar-refractivity contribution in [2.75, 3.05) is 5.32 Å². The van der Waals surface area contributed by atoms with Gasteiger partial charge in [-0.1, -0.05) is 6.07 Å². The molecular formula is C19H15FN4O. The molecule has 1 amide bonds. The van der Waals surface area contributed by atoms with E-state index in [1.54, 1.807) is 36.8 Å². The average molecular weight is 334 g/mol. The lowest BCUT2D eigenvalue weighted by Gasteiger charge is -2.04. The number of rotatable bonds is 4. The Kier molecular flexibility index (Phi) is 3.93. The highest BCUT2D eigenvalue weighted by atomic mass is 19.1. The number of halogens is 1. The minimum absolute atomic E-state index is 0.0705. The number of carbonyl (C=O) groups is 1. The summed E-state index contributed by atoms with van der Waals surface area (Å²) in [4.78, 5) is 24.7. The van der Waals surface area contributed by atoms with E-state index in [9.17, 15) is 9.18 Å². The zero-order valence-corrected chi connectivity index (χ0v) is 13.3. The number of amides is 1.